The van der Waals surface area contributed by atoms with Crippen LogP contribution in [0.1, 0.15) is 21.8 Å². The third-order valence-electron chi connectivity index (χ3n) is 2.36. The van der Waals surface area contributed by atoms with Crippen LogP contribution in [0.5, 0.6) is 0 Å². The number of benzene rings is 1. The van der Waals surface area contributed by atoms with Crippen LogP contribution >= 0.6 is 0 Å². The van der Waals surface area contributed by atoms with E-state index in [2.05, 4.69) is 10.5 Å². The number of halogens is 1. The maximum atomic E-state index is 13.5. The van der Waals surface area contributed by atoms with Gasteiger partial charge in [0.15, 0.2) is 11.5 Å². The molecule has 1 aromatic carbocycles. The van der Waals surface area contributed by atoms with E-state index in [-0.39, 0.29) is 18.1 Å². The van der Waals surface area contributed by atoms with Crippen LogP contribution in [0.2, 0.25) is 0 Å². The van der Waals surface area contributed by atoms with Gasteiger partial charge in [-0.25, -0.2) is 9.18 Å². The summed E-state index contributed by atoms with van der Waals surface area (Å²) < 4.78 is 18.3. The lowest BCUT2D eigenvalue weighted by Crippen LogP contribution is -2.01. The number of hydrogen-bond acceptors (Lipinski definition) is 4. The third kappa shape index (κ3) is 2.65. The summed E-state index contributed by atoms with van der Waals surface area (Å²) >= 11 is 0. The van der Waals surface area contributed by atoms with Crippen LogP contribution in [0.4, 0.5) is 10.1 Å². The van der Waals surface area contributed by atoms with Crippen molar-refractivity contribution in [3.8, 4) is 0 Å². The SMILES string of the molecule is Cc1ccc(NCc2cc(C(=O)O)no2)c(F)c1. The van der Waals surface area contributed by atoms with E-state index in [4.69, 9.17) is 9.63 Å². The summed E-state index contributed by atoms with van der Waals surface area (Å²) in [6.45, 7) is 1.96. The van der Waals surface area contributed by atoms with Crippen molar-refractivity contribution in [1.29, 1.82) is 0 Å². The Morgan fingerprint density at radius 3 is 2.89 bits per heavy atom. The third-order valence-corrected chi connectivity index (χ3v) is 2.36. The molecule has 0 saturated heterocycles. The smallest absolute Gasteiger partial charge is 0.358 e. The summed E-state index contributed by atoms with van der Waals surface area (Å²) in [4.78, 5) is 10.6. The van der Waals surface area contributed by atoms with Gasteiger partial charge in [-0.2, -0.15) is 0 Å². The molecule has 2 rings (SSSR count). The van der Waals surface area contributed by atoms with Gasteiger partial charge < -0.3 is 14.9 Å². The molecule has 1 aromatic heterocycles. The zero-order valence-electron chi connectivity index (χ0n) is 9.61. The number of nitrogens with zero attached hydrogens (tertiary/aromatic N) is 1. The molecule has 0 unspecified atom stereocenters. The molecule has 0 aliphatic carbocycles. The van der Waals surface area contributed by atoms with E-state index in [9.17, 15) is 9.18 Å². The van der Waals surface area contributed by atoms with Crippen molar-refractivity contribution in [1.82, 2.24) is 5.16 Å². The molecule has 0 aliphatic rings. The Bertz CT molecular complexity index is 580. The van der Waals surface area contributed by atoms with Crippen molar-refractivity contribution in [2.75, 3.05) is 5.32 Å². The monoisotopic (exact) mass is 250 g/mol. The predicted molar refractivity (Wildman–Crippen MR) is 61.9 cm³/mol. The molecular weight excluding hydrogens is 239 g/mol. The maximum Gasteiger partial charge on any atom is 0.358 e. The highest BCUT2D eigenvalue weighted by atomic mass is 19.1. The van der Waals surface area contributed by atoms with E-state index >= 15 is 0 Å². The molecule has 0 fully saturated rings. The van der Waals surface area contributed by atoms with Crippen LogP contribution < -0.4 is 5.32 Å². The fourth-order valence-corrected chi connectivity index (χ4v) is 1.44. The minimum absolute atomic E-state index is 0.167. The first kappa shape index (κ1) is 12.1. The maximum absolute atomic E-state index is 13.5. The second kappa shape index (κ2) is 4.87. The van der Waals surface area contributed by atoms with Crippen molar-refractivity contribution >= 4 is 11.7 Å². The molecule has 0 atom stereocenters. The van der Waals surface area contributed by atoms with Crippen LogP contribution in [0, 0.1) is 12.7 Å². The second-order valence-electron chi connectivity index (χ2n) is 3.82. The molecule has 1 heterocycles. The lowest BCUT2D eigenvalue weighted by Gasteiger charge is -2.05. The van der Waals surface area contributed by atoms with Crippen molar-refractivity contribution < 1.29 is 18.8 Å². The Hall–Kier alpha value is -2.37. The molecule has 0 radical (unpaired) electrons. The summed E-state index contributed by atoms with van der Waals surface area (Å²) in [5.41, 5.74) is 0.982. The van der Waals surface area contributed by atoms with Gasteiger partial charge in [-0.3, -0.25) is 0 Å². The first-order valence-corrected chi connectivity index (χ1v) is 5.25. The molecule has 5 nitrogen and oxygen atoms in total. The summed E-state index contributed by atoms with van der Waals surface area (Å²) in [6, 6.07) is 6.08. The average Bonchev–Trinajstić information content (AvgIpc) is 2.76. The van der Waals surface area contributed by atoms with E-state index in [1.54, 1.807) is 19.1 Å². The first-order valence-electron chi connectivity index (χ1n) is 5.25. The highest BCUT2D eigenvalue weighted by Crippen LogP contribution is 2.16. The topological polar surface area (TPSA) is 75.4 Å². The number of carbonyl (C=O) groups is 1. The van der Waals surface area contributed by atoms with Gasteiger partial charge in [-0.05, 0) is 24.6 Å². The molecule has 6 heteroatoms. The number of nitrogens with one attached hydrogen (secondary N) is 1. The van der Waals surface area contributed by atoms with E-state index in [0.717, 1.165) is 5.56 Å². The van der Waals surface area contributed by atoms with Crippen LogP contribution in [0.25, 0.3) is 0 Å². The van der Waals surface area contributed by atoms with Gasteiger partial charge in [-0.1, -0.05) is 11.2 Å². The summed E-state index contributed by atoms with van der Waals surface area (Å²) in [5, 5.41) is 14.8. The van der Waals surface area contributed by atoms with Gasteiger partial charge in [0.05, 0.1) is 12.2 Å². The largest absolute Gasteiger partial charge is 0.476 e. The highest BCUT2D eigenvalue weighted by Gasteiger charge is 2.10. The number of rotatable bonds is 4. The van der Waals surface area contributed by atoms with Crippen molar-refractivity contribution in [3.63, 3.8) is 0 Å². The Kier molecular flexibility index (Phi) is 3.27. The number of aromatic nitrogens is 1. The zero-order chi connectivity index (χ0) is 13.1. The van der Waals surface area contributed by atoms with E-state index in [0.29, 0.717) is 11.4 Å². The lowest BCUT2D eigenvalue weighted by atomic mass is 10.2. The molecule has 0 aliphatic heterocycles. The summed E-state index contributed by atoms with van der Waals surface area (Å²) in [7, 11) is 0. The van der Waals surface area contributed by atoms with E-state index < -0.39 is 5.97 Å². The normalized spacial score (nSPS) is 10.3. The Labute approximate surface area is 102 Å². The van der Waals surface area contributed by atoms with Crippen molar-refractivity contribution in [2.24, 2.45) is 0 Å². The molecule has 94 valence electrons. The predicted octanol–water partition coefficient (Wildman–Crippen LogP) is 2.43. The molecule has 0 amide bonds. The second-order valence-corrected chi connectivity index (χ2v) is 3.82. The number of aromatic carboxylic acids is 1. The molecule has 18 heavy (non-hydrogen) atoms. The number of aryl methyl sites for hydroxylation is 1. The fraction of sp³-hybridized carbons (Fsp3) is 0.167. The van der Waals surface area contributed by atoms with Crippen molar-refractivity contribution in [3.05, 3.63) is 47.1 Å². The number of carboxylic acid groups (broad SMARTS) is 1. The standard InChI is InChI=1S/C12H11FN2O3/c1-7-2-3-10(9(13)4-7)14-6-8-5-11(12(16)17)15-18-8/h2-5,14H,6H2,1H3,(H,16,17). The Balaban J connectivity index is 2.04. The number of anilines is 1. The minimum atomic E-state index is -1.16. The fourth-order valence-electron chi connectivity index (χ4n) is 1.44. The molecular formula is C12H11FN2O3. The van der Waals surface area contributed by atoms with Crippen LogP contribution in [-0.4, -0.2) is 16.2 Å². The lowest BCUT2D eigenvalue weighted by molar-refractivity contribution is 0.0685. The highest BCUT2D eigenvalue weighted by molar-refractivity contribution is 5.85. The summed E-state index contributed by atoms with van der Waals surface area (Å²) in [6.07, 6.45) is 0. The molecule has 2 N–H and O–H groups in total. The number of carboxylic acids is 1. The molecule has 0 bridgehead atoms. The van der Waals surface area contributed by atoms with Gasteiger partial charge in [0.1, 0.15) is 5.82 Å². The van der Waals surface area contributed by atoms with E-state index in [1.807, 2.05) is 0 Å². The van der Waals surface area contributed by atoms with Crippen molar-refractivity contribution in [2.45, 2.75) is 13.5 Å². The van der Waals surface area contributed by atoms with E-state index in [1.165, 1.54) is 12.1 Å². The van der Waals surface area contributed by atoms with Crippen LogP contribution in [0.3, 0.4) is 0 Å². The minimum Gasteiger partial charge on any atom is -0.476 e. The van der Waals surface area contributed by atoms with Crippen LogP contribution in [-0.2, 0) is 6.54 Å². The van der Waals surface area contributed by atoms with Gasteiger partial charge in [0.2, 0.25) is 0 Å². The first-order chi connectivity index (χ1) is 8.56. The average molecular weight is 250 g/mol. The molecule has 2 aromatic rings. The van der Waals surface area contributed by atoms with Gasteiger partial charge in [0.25, 0.3) is 0 Å². The van der Waals surface area contributed by atoms with Gasteiger partial charge in [-0.15, -0.1) is 0 Å². The number of hydrogen-bond donors (Lipinski definition) is 2. The quantitative estimate of drug-likeness (QED) is 0.871. The van der Waals surface area contributed by atoms with Gasteiger partial charge in [0, 0.05) is 6.07 Å². The van der Waals surface area contributed by atoms with Crippen LogP contribution in [0.15, 0.2) is 28.8 Å². The van der Waals surface area contributed by atoms with Gasteiger partial charge >= 0.3 is 5.97 Å². The molecule has 0 saturated carbocycles. The summed E-state index contributed by atoms with van der Waals surface area (Å²) in [5.74, 6) is -1.20. The molecule has 0 spiro atoms. The Morgan fingerprint density at radius 2 is 2.28 bits per heavy atom. The zero-order valence-corrected chi connectivity index (χ0v) is 9.61. The Morgan fingerprint density at radius 1 is 1.50 bits per heavy atom.